The number of benzene rings is 1. The van der Waals surface area contributed by atoms with Gasteiger partial charge >= 0.3 is 5.97 Å². The summed E-state index contributed by atoms with van der Waals surface area (Å²) in [7, 11) is 0. The summed E-state index contributed by atoms with van der Waals surface area (Å²) in [6.07, 6.45) is 0.968. The van der Waals surface area contributed by atoms with Crippen LogP contribution in [0, 0.1) is 0 Å². The molecule has 1 aromatic carbocycles. The Morgan fingerprint density at radius 2 is 2.06 bits per heavy atom. The van der Waals surface area contributed by atoms with Crippen LogP contribution in [0.5, 0.6) is 0 Å². The number of ether oxygens (including phenoxy) is 1. The maximum atomic E-state index is 12.1. The van der Waals surface area contributed by atoms with Gasteiger partial charge in [-0.2, -0.15) is 0 Å². The molecule has 3 nitrogen and oxygen atoms in total. The number of carbonyl (C=O) groups is 1. The minimum atomic E-state index is -0.439. The number of esters is 1. The summed E-state index contributed by atoms with van der Waals surface area (Å²) < 4.78 is 5.43. The van der Waals surface area contributed by atoms with Crippen molar-refractivity contribution in [1.29, 1.82) is 0 Å². The predicted molar refractivity (Wildman–Crippen MR) is 66.7 cm³/mol. The molecule has 1 aromatic rings. The molecule has 0 aliphatic carbocycles. The van der Waals surface area contributed by atoms with Crippen molar-refractivity contribution in [2.75, 3.05) is 6.54 Å². The van der Waals surface area contributed by atoms with E-state index in [9.17, 15) is 4.79 Å². The Morgan fingerprint density at radius 3 is 2.76 bits per heavy atom. The van der Waals surface area contributed by atoms with E-state index < -0.39 is 5.60 Å². The molecule has 0 bridgehead atoms. The fourth-order valence-corrected chi connectivity index (χ4v) is 2.08. The van der Waals surface area contributed by atoms with Crippen molar-refractivity contribution >= 4 is 5.97 Å². The summed E-state index contributed by atoms with van der Waals surface area (Å²) >= 11 is 0. The fourth-order valence-electron chi connectivity index (χ4n) is 2.08. The van der Waals surface area contributed by atoms with Gasteiger partial charge in [0.25, 0.3) is 0 Å². The fraction of sp³-hybridized carbons (Fsp3) is 0.500. The summed E-state index contributed by atoms with van der Waals surface area (Å²) in [5.74, 6) is -0.190. The van der Waals surface area contributed by atoms with Crippen molar-refractivity contribution in [2.45, 2.75) is 38.8 Å². The maximum absolute atomic E-state index is 12.1. The van der Waals surface area contributed by atoms with Gasteiger partial charge in [-0.3, -0.25) is 0 Å². The number of hydrogen-bond donors (Lipinski definition) is 1. The monoisotopic (exact) mass is 233 g/mol. The first-order chi connectivity index (χ1) is 7.97. The van der Waals surface area contributed by atoms with Crippen LogP contribution in [0.4, 0.5) is 0 Å². The van der Waals surface area contributed by atoms with Gasteiger partial charge in [0, 0.05) is 6.54 Å². The van der Waals surface area contributed by atoms with Crippen molar-refractivity contribution in [3.8, 4) is 0 Å². The molecular formula is C14H19NO2. The average Bonchev–Trinajstić information content (AvgIpc) is 2.26. The van der Waals surface area contributed by atoms with Gasteiger partial charge in [0.15, 0.2) is 0 Å². The van der Waals surface area contributed by atoms with E-state index in [-0.39, 0.29) is 12.0 Å². The van der Waals surface area contributed by atoms with Crippen LogP contribution in [-0.2, 0) is 16.0 Å². The van der Waals surface area contributed by atoms with Crippen LogP contribution in [-0.4, -0.2) is 18.1 Å². The topological polar surface area (TPSA) is 38.3 Å². The van der Waals surface area contributed by atoms with Crippen LogP contribution in [0.25, 0.3) is 0 Å². The van der Waals surface area contributed by atoms with Gasteiger partial charge in [-0.05, 0) is 38.3 Å². The van der Waals surface area contributed by atoms with Crippen LogP contribution in [0.15, 0.2) is 24.3 Å². The first-order valence-electron chi connectivity index (χ1n) is 6.01. The molecule has 1 heterocycles. The Bertz CT molecular complexity index is 420. The highest BCUT2D eigenvalue weighted by Crippen LogP contribution is 2.25. The van der Waals surface area contributed by atoms with Crippen molar-refractivity contribution < 1.29 is 9.53 Å². The van der Waals surface area contributed by atoms with E-state index >= 15 is 0 Å². The number of rotatable bonds is 1. The van der Waals surface area contributed by atoms with Crippen molar-refractivity contribution in [3.05, 3.63) is 35.4 Å². The Morgan fingerprint density at radius 1 is 1.35 bits per heavy atom. The highest BCUT2D eigenvalue weighted by molar-refractivity contribution is 5.79. The third-order valence-electron chi connectivity index (χ3n) is 2.75. The molecule has 0 spiro atoms. The molecule has 1 aliphatic heterocycles. The molecule has 1 aliphatic rings. The predicted octanol–water partition coefficient (Wildman–Crippen LogP) is 2.22. The Balaban J connectivity index is 2.21. The number of hydrogen-bond acceptors (Lipinski definition) is 3. The van der Waals surface area contributed by atoms with E-state index in [1.165, 1.54) is 5.56 Å². The maximum Gasteiger partial charge on any atom is 0.328 e. The molecule has 92 valence electrons. The lowest BCUT2D eigenvalue weighted by Crippen LogP contribution is -2.39. The third-order valence-corrected chi connectivity index (χ3v) is 2.75. The summed E-state index contributed by atoms with van der Waals surface area (Å²) in [5, 5.41) is 3.22. The molecule has 0 unspecified atom stereocenters. The average molecular weight is 233 g/mol. The van der Waals surface area contributed by atoms with Crippen molar-refractivity contribution in [3.63, 3.8) is 0 Å². The lowest BCUT2D eigenvalue weighted by molar-refractivity contribution is -0.157. The van der Waals surface area contributed by atoms with Gasteiger partial charge in [0.1, 0.15) is 11.6 Å². The van der Waals surface area contributed by atoms with Gasteiger partial charge in [0.05, 0.1) is 0 Å². The quantitative estimate of drug-likeness (QED) is 0.756. The summed E-state index contributed by atoms with van der Waals surface area (Å²) in [6, 6.07) is 7.72. The van der Waals surface area contributed by atoms with Gasteiger partial charge in [-0.25, -0.2) is 4.79 Å². The standard InChI is InChI=1S/C14H19NO2/c1-14(2,3)17-13(16)12-11-7-5-4-6-10(11)8-9-15-12/h4-7,12,15H,8-9H2,1-3H3/t12-/m1/s1. The second-order valence-electron chi connectivity index (χ2n) is 5.37. The zero-order valence-corrected chi connectivity index (χ0v) is 10.6. The number of nitrogens with one attached hydrogen (secondary N) is 1. The van der Waals surface area contributed by atoms with E-state index in [2.05, 4.69) is 11.4 Å². The molecule has 0 saturated heterocycles. The van der Waals surface area contributed by atoms with E-state index in [0.717, 1.165) is 18.5 Å². The third kappa shape index (κ3) is 2.86. The first-order valence-corrected chi connectivity index (χ1v) is 6.01. The smallest absolute Gasteiger partial charge is 0.328 e. The minimum Gasteiger partial charge on any atom is -0.459 e. The van der Waals surface area contributed by atoms with Crippen LogP contribution in [0.2, 0.25) is 0 Å². The van der Waals surface area contributed by atoms with Gasteiger partial charge in [0.2, 0.25) is 0 Å². The largest absolute Gasteiger partial charge is 0.459 e. The number of carbonyl (C=O) groups excluding carboxylic acids is 1. The molecule has 17 heavy (non-hydrogen) atoms. The van der Waals surface area contributed by atoms with Gasteiger partial charge < -0.3 is 10.1 Å². The van der Waals surface area contributed by atoms with Crippen molar-refractivity contribution in [1.82, 2.24) is 5.32 Å². The Labute approximate surface area is 102 Å². The van der Waals surface area contributed by atoms with Gasteiger partial charge in [-0.15, -0.1) is 0 Å². The highest BCUT2D eigenvalue weighted by atomic mass is 16.6. The highest BCUT2D eigenvalue weighted by Gasteiger charge is 2.29. The molecule has 0 radical (unpaired) electrons. The lowest BCUT2D eigenvalue weighted by Gasteiger charge is -2.28. The molecule has 0 saturated carbocycles. The van der Waals surface area contributed by atoms with Crippen LogP contribution in [0.3, 0.4) is 0 Å². The molecule has 0 amide bonds. The second-order valence-corrected chi connectivity index (χ2v) is 5.37. The van der Waals surface area contributed by atoms with Gasteiger partial charge in [-0.1, -0.05) is 24.3 Å². The molecule has 2 rings (SSSR count). The van der Waals surface area contributed by atoms with E-state index in [0.29, 0.717) is 0 Å². The van der Waals surface area contributed by atoms with Crippen LogP contribution in [0.1, 0.15) is 37.9 Å². The Hall–Kier alpha value is -1.35. The van der Waals surface area contributed by atoms with E-state index in [1.54, 1.807) is 0 Å². The molecule has 3 heteroatoms. The summed E-state index contributed by atoms with van der Waals surface area (Å²) in [6.45, 7) is 6.49. The molecule has 0 fully saturated rings. The normalized spacial score (nSPS) is 19.6. The molecular weight excluding hydrogens is 214 g/mol. The van der Waals surface area contributed by atoms with Crippen LogP contribution >= 0.6 is 0 Å². The summed E-state index contributed by atoms with van der Waals surface area (Å²) in [4.78, 5) is 12.1. The van der Waals surface area contributed by atoms with E-state index in [1.807, 2.05) is 39.0 Å². The lowest BCUT2D eigenvalue weighted by atomic mass is 9.94. The SMILES string of the molecule is CC(C)(C)OC(=O)[C@@H]1NCCc2ccccc21. The number of fused-ring (bicyclic) bond motifs is 1. The minimum absolute atomic E-state index is 0.190. The molecule has 1 atom stereocenters. The second kappa shape index (κ2) is 4.49. The van der Waals surface area contributed by atoms with Crippen molar-refractivity contribution in [2.24, 2.45) is 0 Å². The molecule has 1 N–H and O–H groups in total. The summed E-state index contributed by atoms with van der Waals surface area (Å²) in [5.41, 5.74) is 1.85. The Kier molecular flexibility index (Phi) is 3.20. The zero-order chi connectivity index (χ0) is 12.5. The zero-order valence-electron chi connectivity index (χ0n) is 10.6. The van der Waals surface area contributed by atoms with E-state index in [4.69, 9.17) is 4.74 Å². The van der Waals surface area contributed by atoms with Crippen LogP contribution < -0.4 is 5.32 Å². The first kappa shape index (κ1) is 12.1. The molecule has 0 aromatic heterocycles.